The average molecular weight is 390 g/mol. The zero-order chi connectivity index (χ0) is 15.6. The normalized spacial score (nSPS) is 12.0. The maximum atomic E-state index is 10.6. The van der Waals surface area contributed by atoms with Crippen LogP contribution in [0.3, 0.4) is 0 Å². The van der Waals surface area contributed by atoms with E-state index in [4.69, 9.17) is 23.2 Å². The number of rotatable bonds is 4. The molecule has 0 spiro atoms. The molecule has 1 unspecified atom stereocenters. The van der Waals surface area contributed by atoms with Crippen molar-refractivity contribution >= 4 is 50.5 Å². The number of anilines is 1. The SMILES string of the molecule is CC(Nc1c(Cl)cc(Br)cc1Cl)c1ccc([N+](=O)[O-])cc1. The lowest BCUT2D eigenvalue weighted by Crippen LogP contribution is -2.07. The number of benzene rings is 2. The molecule has 0 aliphatic heterocycles. The third-order valence-corrected chi connectivity index (χ3v) is 4.03. The van der Waals surface area contributed by atoms with Crippen molar-refractivity contribution in [2.45, 2.75) is 13.0 Å². The van der Waals surface area contributed by atoms with E-state index in [-0.39, 0.29) is 11.7 Å². The molecule has 0 fully saturated rings. The van der Waals surface area contributed by atoms with Gasteiger partial charge in [-0.3, -0.25) is 10.1 Å². The number of halogens is 3. The van der Waals surface area contributed by atoms with Crippen LogP contribution >= 0.6 is 39.1 Å². The predicted octanol–water partition coefficient (Wildman–Crippen LogP) is 5.84. The fourth-order valence-corrected chi connectivity index (χ4v) is 3.18. The maximum absolute atomic E-state index is 10.6. The van der Waals surface area contributed by atoms with Gasteiger partial charge in [-0.1, -0.05) is 51.3 Å². The van der Waals surface area contributed by atoms with Crippen LogP contribution < -0.4 is 5.32 Å². The van der Waals surface area contributed by atoms with E-state index in [2.05, 4.69) is 21.2 Å². The van der Waals surface area contributed by atoms with E-state index in [1.807, 2.05) is 6.92 Å². The number of hydrogen-bond donors (Lipinski definition) is 1. The van der Waals surface area contributed by atoms with E-state index >= 15 is 0 Å². The van der Waals surface area contributed by atoms with Crippen molar-refractivity contribution in [1.82, 2.24) is 0 Å². The van der Waals surface area contributed by atoms with Crippen molar-refractivity contribution in [2.75, 3.05) is 5.32 Å². The second-order valence-corrected chi connectivity index (χ2v) is 6.19. The van der Waals surface area contributed by atoms with Crippen molar-refractivity contribution in [2.24, 2.45) is 0 Å². The highest BCUT2D eigenvalue weighted by molar-refractivity contribution is 9.10. The van der Waals surface area contributed by atoms with E-state index in [0.717, 1.165) is 10.0 Å². The third kappa shape index (κ3) is 3.87. The molecule has 0 aliphatic carbocycles. The summed E-state index contributed by atoms with van der Waals surface area (Å²) in [5, 5.41) is 14.9. The number of nitrogens with one attached hydrogen (secondary N) is 1. The van der Waals surface area contributed by atoms with E-state index in [1.165, 1.54) is 12.1 Å². The lowest BCUT2D eigenvalue weighted by Gasteiger charge is -2.18. The average Bonchev–Trinajstić information content (AvgIpc) is 2.42. The van der Waals surface area contributed by atoms with Crippen LogP contribution in [-0.2, 0) is 0 Å². The van der Waals surface area contributed by atoms with Gasteiger partial charge in [-0.2, -0.15) is 0 Å². The first-order valence-electron chi connectivity index (χ1n) is 6.04. The zero-order valence-corrected chi connectivity index (χ0v) is 14.0. The van der Waals surface area contributed by atoms with Gasteiger partial charge in [0.2, 0.25) is 0 Å². The molecule has 0 aliphatic rings. The smallest absolute Gasteiger partial charge is 0.269 e. The summed E-state index contributed by atoms with van der Waals surface area (Å²) in [5.74, 6) is 0. The zero-order valence-electron chi connectivity index (χ0n) is 10.9. The van der Waals surface area contributed by atoms with E-state index < -0.39 is 4.92 Å². The Kier molecular flexibility index (Phi) is 5.08. The molecule has 110 valence electrons. The van der Waals surface area contributed by atoms with Crippen LogP contribution in [0.15, 0.2) is 40.9 Å². The Morgan fingerprint density at radius 3 is 2.19 bits per heavy atom. The van der Waals surface area contributed by atoms with Crippen LogP contribution in [0.25, 0.3) is 0 Å². The Morgan fingerprint density at radius 1 is 1.19 bits per heavy atom. The van der Waals surface area contributed by atoms with Gasteiger partial charge in [0.05, 0.1) is 20.7 Å². The third-order valence-electron chi connectivity index (χ3n) is 2.97. The molecule has 1 N–H and O–H groups in total. The van der Waals surface area contributed by atoms with Gasteiger partial charge in [-0.05, 0) is 24.6 Å². The van der Waals surface area contributed by atoms with Crippen molar-refractivity contribution in [3.63, 3.8) is 0 Å². The first-order valence-corrected chi connectivity index (χ1v) is 7.59. The molecule has 2 rings (SSSR count). The molecule has 1 atom stereocenters. The number of nitro groups is 1. The summed E-state index contributed by atoms with van der Waals surface area (Å²) >= 11 is 15.7. The highest BCUT2D eigenvalue weighted by Gasteiger charge is 2.13. The van der Waals surface area contributed by atoms with Gasteiger partial charge in [0.1, 0.15) is 0 Å². The molecule has 2 aromatic carbocycles. The molecule has 2 aromatic rings. The highest BCUT2D eigenvalue weighted by atomic mass is 79.9. The summed E-state index contributed by atoms with van der Waals surface area (Å²) in [7, 11) is 0. The second-order valence-electron chi connectivity index (χ2n) is 4.46. The van der Waals surface area contributed by atoms with Crippen molar-refractivity contribution in [1.29, 1.82) is 0 Å². The molecular formula is C14H11BrCl2N2O2. The lowest BCUT2D eigenvalue weighted by atomic mass is 10.1. The predicted molar refractivity (Wildman–Crippen MR) is 89.3 cm³/mol. The maximum Gasteiger partial charge on any atom is 0.269 e. The minimum atomic E-state index is -0.426. The van der Waals surface area contributed by atoms with Crippen LogP contribution in [0.1, 0.15) is 18.5 Å². The summed E-state index contributed by atoms with van der Waals surface area (Å²) in [5.41, 5.74) is 1.59. The van der Waals surface area contributed by atoms with Crippen molar-refractivity contribution in [3.8, 4) is 0 Å². The Bertz CT molecular complexity index is 654. The Morgan fingerprint density at radius 2 is 1.71 bits per heavy atom. The summed E-state index contributed by atoms with van der Waals surface area (Å²) in [6.07, 6.45) is 0. The Hall–Kier alpha value is -1.30. The van der Waals surface area contributed by atoms with Crippen LogP contribution in [-0.4, -0.2) is 4.92 Å². The van der Waals surface area contributed by atoms with E-state index in [0.29, 0.717) is 15.7 Å². The molecule has 4 nitrogen and oxygen atoms in total. The lowest BCUT2D eigenvalue weighted by molar-refractivity contribution is -0.384. The van der Waals surface area contributed by atoms with Crippen molar-refractivity contribution < 1.29 is 4.92 Å². The number of non-ortho nitro benzene ring substituents is 1. The number of nitro benzene ring substituents is 1. The number of nitrogens with zero attached hydrogens (tertiary/aromatic N) is 1. The molecule has 0 radical (unpaired) electrons. The van der Waals surface area contributed by atoms with Gasteiger partial charge in [-0.25, -0.2) is 0 Å². The second kappa shape index (κ2) is 6.64. The summed E-state index contributed by atoms with van der Waals surface area (Å²) < 4.78 is 0.797. The summed E-state index contributed by atoms with van der Waals surface area (Å²) in [4.78, 5) is 10.2. The molecule has 0 saturated carbocycles. The van der Waals surface area contributed by atoms with Gasteiger partial charge in [-0.15, -0.1) is 0 Å². The molecular weight excluding hydrogens is 379 g/mol. The monoisotopic (exact) mass is 388 g/mol. The molecule has 21 heavy (non-hydrogen) atoms. The first kappa shape index (κ1) is 16.1. The van der Waals surface area contributed by atoms with Gasteiger partial charge >= 0.3 is 0 Å². The molecule has 7 heteroatoms. The molecule has 0 amide bonds. The molecule has 0 bridgehead atoms. The van der Waals surface area contributed by atoms with Crippen LogP contribution in [0.4, 0.5) is 11.4 Å². The van der Waals surface area contributed by atoms with Gasteiger partial charge in [0.25, 0.3) is 5.69 Å². The quantitative estimate of drug-likeness (QED) is 0.528. The summed E-state index contributed by atoms with van der Waals surface area (Å²) in [6.45, 7) is 1.93. The Balaban J connectivity index is 2.22. The standard InChI is InChI=1S/C14H11BrCl2N2O2/c1-8(9-2-4-11(5-3-9)19(20)21)18-14-12(16)6-10(15)7-13(14)17/h2-8,18H,1H3. The van der Waals surface area contributed by atoms with E-state index in [9.17, 15) is 10.1 Å². The van der Waals surface area contributed by atoms with Crippen LogP contribution in [0, 0.1) is 10.1 Å². The van der Waals surface area contributed by atoms with E-state index in [1.54, 1.807) is 24.3 Å². The molecule has 0 aromatic heterocycles. The van der Waals surface area contributed by atoms with Crippen molar-refractivity contribution in [3.05, 3.63) is 66.6 Å². The largest absolute Gasteiger partial charge is 0.376 e. The fourth-order valence-electron chi connectivity index (χ4n) is 1.86. The number of hydrogen-bond acceptors (Lipinski definition) is 3. The highest BCUT2D eigenvalue weighted by Crippen LogP contribution is 2.36. The Labute approximate surface area is 140 Å². The first-order chi connectivity index (χ1) is 9.88. The van der Waals surface area contributed by atoms with Gasteiger partial charge in [0.15, 0.2) is 0 Å². The summed E-state index contributed by atoms with van der Waals surface area (Å²) in [6, 6.07) is 9.75. The minimum absolute atomic E-state index is 0.0608. The van der Waals surface area contributed by atoms with Crippen LogP contribution in [0.5, 0.6) is 0 Å². The molecule has 0 heterocycles. The fraction of sp³-hybridized carbons (Fsp3) is 0.143. The van der Waals surface area contributed by atoms with Gasteiger partial charge in [0, 0.05) is 22.6 Å². The van der Waals surface area contributed by atoms with Gasteiger partial charge < -0.3 is 5.32 Å². The topological polar surface area (TPSA) is 55.2 Å². The van der Waals surface area contributed by atoms with Crippen LogP contribution in [0.2, 0.25) is 10.0 Å². The minimum Gasteiger partial charge on any atom is -0.376 e. The molecule has 0 saturated heterocycles.